The Hall–Kier alpha value is -2.76. The molecule has 19 heavy (non-hydrogen) atoms. The van der Waals surface area contributed by atoms with E-state index in [2.05, 4.69) is 0 Å². The van der Waals surface area contributed by atoms with Crippen molar-refractivity contribution in [3.05, 3.63) is 64.0 Å². The van der Waals surface area contributed by atoms with Crippen LogP contribution in [0.25, 0.3) is 11.1 Å². The highest BCUT2D eigenvalue weighted by Gasteiger charge is 2.22. The molecule has 2 aromatic carbocycles. The van der Waals surface area contributed by atoms with Gasteiger partial charge in [-0.2, -0.15) is 0 Å². The van der Waals surface area contributed by atoms with Crippen LogP contribution >= 0.6 is 0 Å². The molecule has 0 fully saturated rings. The van der Waals surface area contributed by atoms with Gasteiger partial charge in [-0.15, -0.1) is 0 Å². The van der Waals surface area contributed by atoms with Crippen molar-refractivity contribution in [3.63, 3.8) is 0 Å². The lowest BCUT2D eigenvalue weighted by Gasteiger charge is -2.08. The Kier molecular flexibility index (Phi) is 3.24. The number of nitro benzene ring substituents is 1. The third kappa shape index (κ3) is 2.28. The number of hydrogen-bond donors (Lipinski definition) is 1. The maximum Gasteiger partial charge on any atom is 0.280 e. The van der Waals surface area contributed by atoms with Crippen LogP contribution in [0.3, 0.4) is 0 Å². The molecule has 1 amide bonds. The van der Waals surface area contributed by atoms with Crippen LogP contribution in [-0.4, -0.2) is 10.8 Å². The van der Waals surface area contributed by atoms with E-state index < -0.39 is 22.3 Å². The summed E-state index contributed by atoms with van der Waals surface area (Å²) in [7, 11) is 0. The van der Waals surface area contributed by atoms with Crippen molar-refractivity contribution in [3.8, 4) is 11.1 Å². The number of carbonyl (C=O) groups is 1. The van der Waals surface area contributed by atoms with Crippen molar-refractivity contribution in [2.24, 2.45) is 5.73 Å². The first-order valence-corrected chi connectivity index (χ1v) is 5.34. The molecule has 2 rings (SSSR count). The molecule has 0 aromatic heterocycles. The van der Waals surface area contributed by atoms with Gasteiger partial charge in [-0.3, -0.25) is 14.9 Å². The minimum atomic E-state index is -0.775. The lowest BCUT2D eigenvalue weighted by atomic mass is 9.97. The van der Waals surface area contributed by atoms with E-state index in [1.54, 1.807) is 12.1 Å². The average molecular weight is 260 g/mol. The molecule has 0 spiro atoms. The minimum absolute atomic E-state index is 0.0377. The largest absolute Gasteiger partial charge is 0.366 e. The van der Waals surface area contributed by atoms with Gasteiger partial charge in [-0.25, -0.2) is 4.39 Å². The fourth-order valence-electron chi connectivity index (χ4n) is 1.85. The van der Waals surface area contributed by atoms with E-state index in [-0.39, 0.29) is 16.7 Å². The maximum absolute atomic E-state index is 13.9. The standard InChI is InChI=1S/C13H9FN2O3/c14-10-6-3-7-11(16(18)19)12(10)8-4-1-2-5-9(8)13(15)17/h1-7H,(H2,15,17). The molecule has 5 nitrogen and oxygen atoms in total. The second kappa shape index (κ2) is 4.85. The lowest BCUT2D eigenvalue weighted by Crippen LogP contribution is -2.12. The second-order valence-electron chi connectivity index (χ2n) is 3.80. The summed E-state index contributed by atoms with van der Waals surface area (Å²) in [6.07, 6.45) is 0. The molecule has 2 N–H and O–H groups in total. The molecule has 0 unspecified atom stereocenters. The molecule has 2 aromatic rings. The molecule has 0 atom stereocenters. The summed E-state index contributed by atoms with van der Waals surface area (Å²) in [5, 5.41) is 11.0. The van der Waals surface area contributed by atoms with E-state index in [0.717, 1.165) is 6.07 Å². The van der Waals surface area contributed by atoms with Crippen molar-refractivity contribution in [2.75, 3.05) is 0 Å². The number of nitrogens with two attached hydrogens (primary N) is 1. The van der Waals surface area contributed by atoms with Gasteiger partial charge in [0.25, 0.3) is 5.69 Å². The van der Waals surface area contributed by atoms with Crippen LogP contribution in [0.4, 0.5) is 10.1 Å². The van der Waals surface area contributed by atoms with E-state index >= 15 is 0 Å². The van der Waals surface area contributed by atoms with Gasteiger partial charge in [0.1, 0.15) is 5.82 Å². The monoisotopic (exact) mass is 260 g/mol. The van der Waals surface area contributed by atoms with Crippen LogP contribution in [-0.2, 0) is 0 Å². The quantitative estimate of drug-likeness (QED) is 0.679. The Balaban J connectivity index is 2.79. The molecule has 0 saturated carbocycles. The fourth-order valence-corrected chi connectivity index (χ4v) is 1.85. The van der Waals surface area contributed by atoms with Gasteiger partial charge in [0.05, 0.1) is 10.5 Å². The highest BCUT2D eigenvalue weighted by Crippen LogP contribution is 2.34. The molecule has 0 heterocycles. The smallest absolute Gasteiger partial charge is 0.280 e. The van der Waals surface area contributed by atoms with E-state index in [4.69, 9.17) is 5.73 Å². The summed E-state index contributed by atoms with van der Waals surface area (Å²) in [6, 6.07) is 9.44. The zero-order valence-electron chi connectivity index (χ0n) is 9.67. The zero-order valence-corrected chi connectivity index (χ0v) is 9.67. The van der Waals surface area contributed by atoms with Crippen molar-refractivity contribution >= 4 is 11.6 Å². The summed E-state index contributed by atoms with van der Waals surface area (Å²) < 4.78 is 13.9. The molecule has 0 radical (unpaired) electrons. The highest BCUT2D eigenvalue weighted by atomic mass is 19.1. The van der Waals surface area contributed by atoms with Crippen LogP contribution in [0.1, 0.15) is 10.4 Å². The van der Waals surface area contributed by atoms with Crippen LogP contribution in [0, 0.1) is 15.9 Å². The van der Waals surface area contributed by atoms with Crippen LogP contribution in [0.5, 0.6) is 0 Å². The van der Waals surface area contributed by atoms with E-state index in [9.17, 15) is 19.3 Å². The van der Waals surface area contributed by atoms with E-state index in [0.29, 0.717) is 0 Å². The summed E-state index contributed by atoms with van der Waals surface area (Å²) >= 11 is 0. The summed E-state index contributed by atoms with van der Waals surface area (Å²) in [5.74, 6) is -1.55. The number of nitrogens with zero attached hydrogens (tertiary/aromatic N) is 1. The van der Waals surface area contributed by atoms with Gasteiger partial charge in [-0.1, -0.05) is 24.3 Å². The van der Waals surface area contributed by atoms with Crippen molar-refractivity contribution in [1.82, 2.24) is 0 Å². The van der Waals surface area contributed by atoms with Gasteiger partial charge >= 0.3 is 0 Å². The predicted octanol–water partition coefficient (Wildman–Crippen LogP) is 2.50. The van der Waals surface area contributed by atoms with Crippen molar-refractivity contribution in [2.45, 2.75) is 0 Å². The number of hydrogen-bond acceptors (Lipinski definition) is 3. The third-order valence-electron chi connectivity index (χ3n) is 2.65. The lowest BCUT2D eigenvalue weighted by molar-refractivity contribution is -0.384. The number of benzene rings is 2. The maximum atomic E-state index is 13.9. The first kappa shape index (κ1) is 12.7. The number of amides is 1. The first-order valence-electron chi connectivity index (χ1n) is 5.34. The molecule has 0 bridgehead atoms. The molecular formula is C13H9FN2O3. The zero-order chi connectivity index (χ0) is 14.0. The summed E-state index contributed by atoms with van der Waals surface area (Å²) in [4.78, 5) is 21.6. The Morgan fingerprint density at radius 3 is 2.47 bits per heavy atom. The Bertz CT molecular complexity index is 671. The van der Waals surface area contributed by atoms with Crippen molar-refractivity contribution < 1.29 is 14.1 Å². The van der Waals surface area contributed by atoms with Gasteiger partial charge < -0.3 is 5.73 Å². The average Bonchev–Trinajstić information content (AvgIpc) is 2.38. The Labute approximate surface area is 107 Å². The molecule has 96 valence electrons. The Morgan fingerprint density at radius 2 is 1.84 bits per heavy atom. The summed E-state index contributed by atoms with van der Waals surface area (Å²) in [5.41, 5.74) is 4.70. The summed E-state index contributed by atoms with van der Waals surface area (Å²) in [6.45, 7) is 0. The molecular weight excluding hydrogens is 251 g/mol. The number of primary amides is 1. The SMILES string of the molecule is NC(=O)c1ccccc1-c1c(F)cccc1[N+](=O)[O-]. The highest BCUT2D eigenvalue weighted by molar-refractivity contribution is 6.00. The molecule has 0 aliphatic rings. The third-order valence-corrected chi connectivity index (χ3v) is 2.65. The Morgan fingerprint density at radius 1 is 1.16 bits per heavy atom. The molecule has 6 heteroatoms. The molecule has 0 saturated heterocycles. The van der Waals surface area contributed by atoms with Gasteiger partial charge in [0, 0.05) is 17.2 Å². The topological polar surface area (TPSA) is 86.2 Å². The van der Waals surface area contributed by atoms with Gasteiger partial charge in [0.2, 0.25) is 5.91 Å². The van der Waals surface area contributed by atoms with Crippen molar-refractivity contribution in [1.29, 1.82) is 0 Å². The number of nitro groups is 1. The van der Waals surface area contributed by atoms with Crippen LogP contribution in [0.15, 0.2) is 42.5 Å². The normalized spacial score (nSPS) is 10.2. The van der Waals surface area contributed by atoms with Gasteiger partial charge in [0.15, 0.2) is 0 Å². The van der Waals surface area contributed by atoms with Gasteiger partial charge in [-0.05, 0) is 12.1 Å². The van der Waals surface area contributed by atoms with Crippen LogP contribution in [0.2, 0.25) is 0 Å². The van der Waals surface area contributed by atoms with Crippen LogP contribution < -0.4 is 5.73 Å². The van der Waals surface area contributed by atoms with E-state index in [1.807, 2.05) is 0 Å². The second-order valence-corrected chi connectivity index (χ2v) is 3.80. The number of carbonyl (C=O) groups excluding carboxylic acids is 1. The molecule has 0 aliphatic carbocycles. The van der Waals surface area contributed by atoms with E-state index in [1.165, 1.54) is 24.3 Å². The first-order chi connectivity index (χ1) is 9.02. The number of rotatable bonds is 3. The predicted molar refractivity (Wildman–Crippen MR) is 67.0 cm³/mol. The molecule has 0 aliphatic heterocycles. The number of halogens is 1. The minimum Gasteiger partial charge on any atom is -0.366 e. The fraction of sp³-hybridized carbons (Fsp3) is 0.